The van der Waals surface area contributed by atoms with Gasteiger partial charge in [-0.25, -0.2) is 0 Å². The van der Waals surface area contributed by atoms with E-state index in [1.54, 1.807) is 13.8 Å². The van der Waals surface area contributed by atoms with Crippen LogP contribution < -0.4 is 11.1 Å². The fourth-order valence-electron chi connectivity index (χ4n) is 1.05. The van der Waals surface area contributed by atoms with E-state index < -0.39 is 10.2 Å². The fourth-order valence-corrected chi connectivity index (χ4v) is 1.31. The Morgan fingerprint density at radius 1 is 1.41 bits per heavy atom. The lowest BCUT2D eigenvalue weighted by atomic mass is 10.1. The highest BCUT2D eigenvalue weighted by Crippen LogP contribution is 2.25. The van der Waals surface area contributed by atoms with E-state index in [0.717, 1.165) is 0 Å². The molecule has 1 rings (SSSR count). The van der Waals surface area contributed by atoms with Gasteiger partial charge in [0.05, 0.1) is 15.0 Å². The number of rotatable bonds is 3. The van der Waals surface area contributed by atoms with Crippen LogP contribution in [0.4, 0.5) is 5.69 Å². The van der Waals surface area contributed by atoms with Crippen LogP contribution in [0, 0.1) is 0 Å². The van der Waals surface area contributed by atoms with E-state index >= 15 is 0 Å². The Morgan fingerprint density at radius 2 is 2.00 bits per heavy atom. The first-order valence-electron chi connectivity index (χ1n) is 4.81. The Balaban J connectivity index is 3.02. The second-order valence-corrected chi connectivity index (χ2v) is 6.38. The molecule has 0 radical (unpaired) electrons. The van der Waals surface area contributed by atoms with Crippen molar-refractivity contribution in [1.29, 1.82) is 0 Å². The molecule has 0 fully saturated rings. The van der Waals surface area contributed by atoms with Gasteiger partial charge in [-0.05, 0) is 32.0 Å². The zero-order chi connectivity index (χ0) is 13.2. The largest absolute Gasteiger partial charge is 0.366 e. The highest BCUT2D eigenvalue weighted by Gasteiger charge is 2.24. The number of benzene rings is 1. The molecule has 1 aromatic rings. The molecule has 2 amide bonds. The van der Waals surface area contributed by atoms with Gasteiger partial charge in [0.15, 0.2) is 0 Å². The molecule has 0 saturated carbocycles. The summed E-state index contributed by atoms with van der Waals surface area (Å²) in [6.07, 6.45) is 0. The lowest BCUT2D eigenvalue weighted by molar-refractivity contribution is -0.117. The summed E-state index contributed by atoms with van der Waals surface area (Å²) in [6, 6.07) is 4.46. The van der Waals surface area contributed by atoms with Gasteiger partial charge in [-0.2, -0.15) is 0 Å². The number of alkyl halides is 1. The normalized spacial score (nSPS) is 11.1. The van der Waals surface area contributed by atoms with Gasteiger partial charge in [0.2, 0.25) is 11.8 Å². The quantitative estimate of drug-likeness (QED) is 0.840. The number of anilines is 1. The van der Waals surface area contributed by atoms with Crippen molar-refractivity contribution in [2.45, 2.75) is 18.2 Å². The predicted molar refractivity (Wildman–Crippen MR) is 71.6 cm³/mol. The Hall–Kier alpha value is -1.07. The number of nitrogens with two attached hydrogens (primary N) is 1. The first kappa shape index (κ1) is 14.0. The van der Waals surface area contributed by atoms with E-state index in [9.17, 15) is 9.59 Å². The third kappa shape index (κ3) is 3.71. The maximum absolute atomic E-state index is 11.7. The first-order chi connectivity index (χ1) is 7.71. The summed E-state index contributed by atoms with van der Waals surface area (Å²) in [6.45, 7) is 3.41. The minimum atomic E-state index is -0.723. The molecule has 0 aliphatic carbocycles. The van der Waals surface area contributed by atoms with Crippen LogP contribution in [0.25, 0.3) is 0 Å². The highest BCUT2D eigenvalue weighted by molar-refractivity contribution is 9.10. The summed E-state index contributed by atoms with van der Waals surface area (Å²) in [5.41, 5.74) is 5.80. The van der Waals surface area contributed by atoms with Crippen LogP contribution in [0.5, 0.6) is 0 Å². The predicted octanol–water partition coefficient (Wildman–Crippen LogP) is 2.55. The van der Waals surface area contributed by atoms with E-state index in [0.29, 0.717) is 10.7 Å². The smallest absolute Gasteiger partial charge is 0.248 e. The summed E-state index contributed by atoms with van der Waals surface area (Å²) in [5, 5.41) is 2.97. The van der Waals surface area contributed by atoms with E-state index in [1.807, 2.05) is 0 Å². The van der Waals surface area contributed by atoms with Gasteiger partial charge < -0.3 is 11.1 Å². The molecule has 4 nitrogen and oxygen atoms in total. The third-order valence-electron chi connectivity index (χ3n) is 2.04. The molecule has 6 heteroatoms. The molecule has 92 valence electrons. The minimum Gasteiger partial charge on any atom is -0.366 e. The molecule has 0 unspecified atom stereocenters. The lowest BCUT2D eigenvalue weighted by Gasteiger charge is -2.16. The molecular formula is C11H12BrClN2O2. The average molecular weight is 320 g/mol. The van der Waals surface area contributed by atoms with E-state index in [-0.39, 0.29) is 11.5 Å². The standard InChI is InChI=1S/C11H12BrClN2O2/c1-11(2,12)10(17)15-8-5-6(9(14)16)3-4-7(8)13/h3-5H,1-2H3,(H2,14,16)(H,15,17). The molecule has 1 aromatic carbocycles. The number of halogens is 2. The molecule has 0 aromatic heterocycles. The lowest BCUT2D eigenvalue weighted by Crippen LogP contribution is -2.31. The third-order valence-corrected chi connectivity index (χ3v) is 2.73. The van der Waals surface area contributed by atoms with E-state index in [4.69, 9.17) is 17.3 Å². The molecule has 0 aliphatic rings. The Bertz CT molecular complexity index is 469. The van der Waals surface area contributed by atoms with E-state index in [2.05, 4.69) is 21.2 Å². The Morgan fingerprint density at radius 3 is 2.47 bits per heavy atom. The molecule has 3 N–H and O–H groups in total. The Labute approximate surface area is 113 Å². The minimum absolute atomic E-state index is 0.263. The second kappa shape index (κ2) is 5.06. The van der Waals surface area contributed by atoms with Gasteiger partial charge in [-0.3, -0.25) is 9.59 Å². The molecule has 0 spiro atoms. The monoisotopic (exact) mass is 318 g/mol. The van der Waals surface area contributed by atoms with Crippen LogP contribution in [0.2, 0.25) is 5.02 Å². The summed E-state index contributed by atoms with van der Waals surface area (Å²) in [4.78, 5) is 22.7. The van der Waals surface area contributed by atoms with Crippen molar-refractivity contribution in [2.24, 2.45) is 5.73 Å². The van der Waals surface area contributed by atoms with Gasteiger partial charge in [0, 0.05) is 5.56 Å². The number of hydrogen-bond acceptors (Lipinski definition) is 2. The first-order valence-corrected chi connectivity index (χ1v) is 5.98. The number of nitrogens with one attached hydrogen (secondary N) is 1. The zero-order valence-corrected chi connectivity index (χ0v) is 11.7. The van der Waals surface area contributed by atoms with E-state index in [1.165, 1.54) is 18.2 Å². The average Bonchev–Trinajstić information content (AvgIpc) is 2.19. The molecule has 0 bridgehead atoms. The number of primary amides is 1. The van der Waals surface area contributed by atoms with Crippen LogP contribution in [-0.4, -0.2) is 16.1 Å². The molecular weight excluding hydrogens is 307 g/mol. The highest BCUT2D eigenvalue weighted by atomic mass is 79.9. The molecule has 0 atom stereocenters. The van der Waals surface area contributed by atoms with Crippen LogP contribution in [0.15, 0.2) is 18.2 Å². The van der Waals surface area contributed by atoms with Crippen molar-refractivity contribution < 1.29 is 9.59 Å². The maximum atomic E-state index is 11.7. The topological polar surface area (TPSA) is 72.2 Å². The molecule has 0 saturated heterocycles. The van der Waals surface area contributed by atoms with Crippen LogP contribution in [0.1, 0.15) is 24.2 Å². The SMILES string of the molecule is CC(C)(Br)C(=O)Nc1cc(C(N)=O)ccc1Cl. The van der Waals surface area contributed by atoms with Crippen molar-refractivity contribution in [3.63, 3.8) is 0 Å². The van der Waals surface area contributed by atoms with Gasteiger partial charge in [-0.15, -0.1) is 0 Å². The van der Waals surface area contributed by atoms with Gasteiger partial charge in [-0.1, -0.05) is 27.5 Å². The number of amides is 2. The van der Waals surface area contributed by atoms with Gasteiger partial charge in [0.25, 0.3) is 0 Å². The van der Waals surface area contributed by atoms with Crippen molar-refractivity contribution in [1.82, 2.24) is 0 Å². The van der Waals surface area contributed by atoms with Crippen LogP contribution in [0.3, 0.4) is 0 Å². The number of carbonyl (C=O) groups excluding carboxylic acids is 2. The zero-order valence-electron chi connectivity index (χ0n) is 9.38. The second-order valence-electron chi connectivity index (χ2n) is 3.99. The van der Waals surface area contributed by atoms with Gasteiger partial charge in [0.1, 0.15) is 0 Å². The summed E-state index contributed by atoms with van der Waals surface area (Å²) < 4.78 is -0.723. The number of hydrogen-bond donors (Lipinski definition) is 2. The fraction of sp³-hybridized carbons (Fsp3) is 0.273. The summed E-state index contributed by atoms with van der Waals surface area (Å²) in [7, 11) is 0. The number of carbonyl (C=O) groups is 2. The summed E-state index contributed by atoms with van der Waals surface area (Å²) >= 11 is 9.14. The molecule has 17 heavy (non-hydrogen) atoms. The van der Waals surface area contributed by atoms with Crippen molar-refractivity contribution in [3.8, 4) is 0 Å². The van der Waals surface area contributed by atoms with Crippen molar-refractivity contribution in [3.05, 3.63) is 28.8 Å². The molecule has 0 aliphatic heterocycles. The van der Waals surface area contributed by atoms with Crippen molar-refractivity contribution >= 4 is 45.0 Å². The van der Waals surface area contributed by atoms with Crippen LogP contribution >= 0.6 is 27.5 Å². The van der Waals surface area contributed by atoms with Crippen LogP contribution in [-0.2, 0) is 4.79 Å². The van der Waals surface area contributed by atoms with Crippen molar-refractivity contribution in [2.75, 3.05) is 5.32 Å². The molecule has 0 heterocycles. The Kier molecular flexibility index (Phi) is 4.16. The summed E-state index contributed by atoms with van der Waals surface area (Å²) in [5.74, 6) is -0.837. The van der Waals surface area contributed by atoms with Gasteiger partial charge >= 0.3 is 0 Å². The maximum Gasteiger partial charge on any atom is 0.248 e.